The van der Waals surface area contributed by atoms with E-state index in [-0.39, 0.29) is 24.5 Å². The Hall–Kier alpha value is -0.270. The van der Waals surface area contributed by atoms with Crippen molar-refractivity contribution in [1.82, 2.24) is 9.62 Å². The number of hydrogen-bond acceptors (Lipinski definition) is 4. The van der Waals surface area contributed by atoms with E-state index in [1.165, 1.54) is 0 Å². The Morgan fingerprint density at radius 3 is 2.76 bits per heavy atom. The van der Waals surface area contributed by atoms with Crippen molar-refractivity contribution in [3.8, 4) is 0 Å². The molecular weight excluding hydrogens is 328 g/mol. The van der Waals surface area contributed by atoms with Crippen molar-refractivity contribution in [2.45, 2.75) is 41.1 Å². The normalized spacial score (nSPS) is 26.1. The molecule has 118 valence electrons. The third kappa shape index (κ3) is 3.24. The van der Waals surface area contributed by atoms with Crippen LogP contribution in [0.1, 0.15) is 19.3 Å². The van der Waals surface area contributed by atoms with E-state index < -0.39 is 10.0 Å². The summed E-state index contributed by atoms with van der Waals surface area (Å²) < 4.78 is 27.7. The number of nitrogens with one attached hydrogen (secondary N) is 1. The lowest BCUT2D eigenvalue weighted by Crippen LogP contribution is -2.42. The summed E-state index contributed by atoms with van der Waals surface area (Å²) in [4.78, 5) is 1.43. The molecule has 0 amide bonds. The van der Waals surface area contributed by atoms with Crippen LogP contribution in [0.2, 0.25) is 0 Å². The van der Waals surface area contributed by atoms with E-state index in [0.717, 1.165) is 37.2 Å². The van der Waals surface area contributed by atoms with Crippen molar-refractivity contribution in [2.75, 3.05) is 19.3 Å². The number of hydrogen-bond donors (Lipinski definition) is 1. The van der Waals surface area contributed by atoms with E-state index in [0.29, 0.717) is 4.90 Å². The molecule has 1 N–H and O–H groups in total. The number of sulfonamides is 1. The lowest BCUT2D eigenvalue weighted by atomic mass is 10.1. The van der Waals surface area contributed by atoms with Gasteiger partial charge in [0.1, 0.15) is 0 Å². The van der Waals surface area contributed by atoms with Gasteiger partial charge < -0.3 is 5.32 Å². The van der Waals surface area contributed by atoms with Crippen LogP contribution in [0.15, 0.2) is 34.1 Å². The topological polar surface area (TPSA) is 49.4 Å². The Balaban J connectivity index is 0.00000161. The molecule has 2 unspecified atom stereocenters. The highest BCUT2D eigenvalue weighted by molar-refractivity contribution is 7.98. The van der Waals surface area contributed by atoms with Gasteiger partial charge in [-0.2, -0.15) is 4.31 Å². The smallest absolute Gasteiger partial charge is 0.243 e. The second kappa shape index (κ2) is 6.87. The first-order valence-corrected chi connectivity index (χ1v) is 9.68. The fourth-order valence-electron chi connectivity index (χ4n) is 3.21. The molecule has 1 aromatic rings. The van der Waals surface area contributed by atoms with Crippen molar-refractivity contribution in [2.24, 2.45) is 0 Å². The van der Waals surface area contributed by atoms with E-state index >= 15 is 0 Å². The molecule has 0 saturated carbocycles. The Kier molecular flexibility index (Phi) is 5.59. The zero-order valence-corrected chi connectivity index (χ0v) is 14.4. The number of rotatable bonds is 3. The van der Waals surface area contributed by atoms with Gasteiger partial charge in [0.25, 0.3) is 0 Å². The monoisotopic (exact) mass is 348 g/mol. The van der Waals surface area contributed by atoms with Crippen LogP contribution < -0.4 is 5.32 Å². The summed E-state index contributed by atoms with van der Waals surface area (Å²) in [5.74, 6) is 0. The molecule has 0 radical (unpaired) electrons. The van der Waals surface area contributed by atoms with Gasteiger partial charge in [-0.05, 0) is 50.3 Å². The van der Waals surface area contributed by atoms with Gasteiger partial charge in [-0.3, -0.25) is 0 Å². The van der Waals surface area contributed by atoms with Crippen molar-refractivity contribution in [3.05, 3.63) is 24.3 Å². The van der Waals surface area contributed by atoms with Crippen LogP contribution >= 0.6 is 24.2 Å². The lowest BCUT2D eigenvalue weighted by molar-refractivity contribution is 0.334. The number of halogens is 1. The molecule has 2 fully saturated rings. The maximum Gasteiger partial charge on any atom is 0.243 e. The van der Waals surface area contributed by atoms with Gasteiger partial charge in [0.05, 0.1) is 4.90 Å². The number of nitrogens with zero attached hydrogens (tertiary/aromatic N) is 1. The molecule has 2 saturated heterocycles. The lowest BCUT2D eigenvalue weighted by Gasteiger charge is -2.27. The summed E-state index contributed by atoms with van der Waals surface area (Å²) >= 11 is 1.57. The second-order valence-corrected chi connectivity index (χ2v) is 8.11. The fraction of sp³-hybridized carbons (Fsp3) is 0.571. The summed E-state index contributed by atoms with van der Waals surface area (Å²) in [6.45, 7) is 1.69. The molecule has 1 aromatic carbocycles. The molecule has 0 spiro atoms. The Bertz CT molecular complexity index is 580. The van der Waals surface area contributed by atoms with Crippen molar-refractivity contribution < 1.29 is 8.42 Å². The van der Waals surface area contributed by atoms with E-state index in [4.69, 9.17) is 0 Å². The average molecular weight is 349 g/mol. The summed E-state index contributed by atoms with van der Waals surface area (Å²) in [5.41, 5.74) is 0. The molecule has 21 heavy (non-hydrogen) atoms. The maximum absolute atomic E-state index is 13.0. The van der Waals surface area contributed by atoms with Crippen LogP contribution in [0.3, 0.4) is 0 Å². The first-order chi connectivity index (χ1) is 9.63. The Morgan fingerprint density at radius 1 is 1.24 bits per heavy atom. The number of fused-ring (bicyclic) bond motifs is 2. The molecular formula is C14H21ClN2O2S2. The van der Waals surface area contributed by atoms with E-state index in [1.54, 1.807) is 28.2 Å². The van der Waals surface area contributed by atoms with E-state index in [9.17, 15) is 8.42 Å². The van der Waals surface area contributed by atoms with Crippen LogP contribution in [-0.4, -0.2) is 44.2 Å². The summed E-state index contributed by atoms with van der Waals surface area (Å²) in [7, 11) is -3.37. The molecule has 3 rings (SSSR count). The minimum atomic E-state index is -3.37. The standard InChI is InChI=1S/C14H20N2O2S2.ClH/c1-19-13-3-2-4-14(9-13)20(17,18)16-11-5-6-12(16)10-15-8-7-11;/h2-4,9,11-12,15H,5-8,10H2,1H3;1H. The molecule has 2 atom stereocenters. The first kappa shape index (κ1) is 17.1. The van der Waals surface area contributed by atoms with E-state index in [1.807, 2.05) is 18.4 Å². The molecule has 4 nitrogen and oxygen atoms in total. The quantitative estimate of drug-likeness (QED) is 0.852. The first-order valence-electron chi connectivity index (χ1n) is 7.01. The van der Waals surface area contributed by atoms with Gasteiger partial charge in [-0.1, -0.05) is 6.07 Å². The highest BCUT2D eigenvalue weighted by Crippen LogP contribution is 2.34. The van der Waals surface area contributed by atoms with Crippen LogP contribution in [0.25, 0.3) is 0 Å². The molecule has 0 aliphatic carbocycles. The zero-order valence-electron chi connectivity index (χ0n) is 12.0. The second-order valence-electron chi connectivity index (χ2n) is 5.39. The highest BCUT2D eigenvalue weighted by atomic mass is 35.5. The van der Waals surface area contributed by atoms with Crippen LogP contribution in [0.4, 0.5) is 0 Å². The van der Waals surface area contributed by atoms with E-state index in [2.05, 4.69) is 5.32 Å². The predicted molar refractivity (Wildman–Crippen MR) is 88.8 cm³/mol. The largest absolute Gasteiger partial charge is 0.315 e. The van der Waals surface area contributed by atoms with Crippen molar-refractivity contribution >= 4 is 34.2 Å². The third-order valence-electron chi connectivity index (χ3n) is 4.20. The molecule has 7 heteroatoms. The van der Waals surface area contributed by atoms with Crippen molar-refractivity contribution in [1.29, 1.82) is 0 Å². The van der Waals surface area contributed by atoms with Gasteiger partial charge in [0, 0.05) is 23.5 Å². The predicted octanol–water partition coefficient (Wildman–Crippen LogP) is 2.35. The summed E-state index contributed by atoms with van der Waals surface area (Å²) in [6.07, 6.45) is 4.84. The SMILES string of the molecule is CSc1cccc(S(=O)(=O)N2C3CCNCC2CC3)c1.Cl. The van der Waals surface area contributed by atoms with Gasteiger partial charge in [0.2, 0.25) is 10.0 Å². The molecule has 2 bridgehead atoms. The molecule has 2 aliphatic heterocycles. The van der Waals surface area contributed by atoms with Crippen LogP contribution in [0, 0.1) is 0 Å². The minimum absolute atomic E-state index is 0. The van der Waals surface area contributed by atoms with Crippen LogP contribution in [0.5, 0.6) is 0 Å². The Labute approximate surface area is 137 Å². The molecule has 0 aromatic heterocycles. The highest BCUT2D eigenvalue weighted by Gasteiger charge is 2.42. The van der Waals surface area contributed by atoms with Crippen LogP contribution in [-0.2, 0) is 10.0 Å². The van der Waals surface area contributed by atoms with Gasteiger partial charge in [0.15, 0.2) is 0 Å². The molecule has 2 heterocycles. The maximum atomic E-state index is 13.0. The molecule has 2 aliphatic rings. The van der Waals surface area contributed by atoms with Crippen molar-refractivity contribution in [3.63, 3.8) is 0 Å². The summed E-state index contributed by atoms with van der Waals surface area (Å²) in [5, 5.41) is 3.34. The fourth-order valence-corrected chi connectivity index (χ4v) is 5.69. The average Bonchev–Trinajstić information content (AvgIpc) is 2.73. The van der Waals surface area contributed by atoms with Gasteiger partial charge >= 0.3 is 0 Å². The summed E-state index contributed by atoms with van der Waals surface area (Å²) in [6, 6.07) is 7.56. The number of benzene rings is 1. The number of thioether (sulfide) groups is 1. The van der Waals surface area contributed by atoms with Gasteiger partial charge in [-0.25, -0.2) is 8.42 Å². The zero-order chi connectivity index (χ0) is 14.2. The Morgan fingerprint density at radius 2 is 2.00 bits per heavy atom. The van der Waals surface area contributed by atoms with Gasteiger partial charge in [-0.15, -0.1) is 24.2 Å². The third-order valence-corrected chi connectivity index (χ3v) is 6.93. The minimum Gasteiger partial charge on any atom is -0.315 e.